The van der Waals surface area contributed by atoms with Crippen LogP contribution in [0.4, 0.5) is 0 Å². The molecule has 0 amide bonds. The van der Waals surface area contributed by atoms with Crippen LogP contribution in [0.2, 0.25) is 0 Å². The molecule has 1 aromatic heterocycles. The van der Waals surface area contributed by atoms with E-state index in [4.69, 9.17) is 4.74 Å². The van der Waals surface area contributed by atoms with Crippen LogP contribution in [0.5, 0.6) is 0 Å². The Bertz CT molecular complexity index is 929. The van der Waals surface area contributed by atoms with E-state index in [0.29, 0.717) is 18.9 Å². The second kappa shape index (κ2) is 8.39. The van der Waals surface area contributed by atoms with Gasteiger partial charge in [0.1, 0.15) is 5.82 Å². The molecule has 27 heavy (non-hydrogen) atoms. The van der Waals surface area contributed by atoms with Crippen molar-refractivity contribution in [2.24, 2.45) is 7.05 Å². The Morgan fingerprint density at radius 1 is 1.37 bits per heavy atom. The van der Waals surface area contributed by atoms with Crippen molar-refractivity contribution in [3.05, 3.63) is 47.5 Å². The van der Waals surface area contributed by atoms with Gasteiger partial charge >= 0.3 is 5.97 Å². The second-order valence-electron chi connectivity index (χ2n) is 6.22. The second-order valence-corrected chi connectivity index (χ2v) is 8.08. The third-order valence-electron chi connectivity index (χ3n) is 4.48. The lowest BCUT2D eigenvalue weighted by atomic mass is 10.1. The highest BCUT2D eigenvalue weighted by Gasteiger charge is 2.38. The summed E-state index contributed by atoms with van der Waals surface area (Å²) in [6.45, 7) is 3.06. The van der Waals surface area contributed by atoms with E-state index in [-0.39, 0.29) is 29.4 Å². The number of rotatable bonds is 4. The molecule has 1 fully saturated rings. The van der Waals surface area contributed by atoms with Crippen LogP contribution in [0.25, 0.3) is 0 Å². The summed E-state index contributed by atoms with van der Waals surface area (Å²) in [6.07, 6.45) is 3.42. The minimum Gasteiger partial charge on any atom is -0.465 e. The molecule has 0 radical (unpaired) electrons. The van der Waals surface area contributed by atoms with Crippen molar-refractivity contribution in [3.63, 3.8) is 0 Å². The molecule has 0 saturated carbocycles. The first-order valence-corrected chi connectivity index (χ1v) is 9.69. The largest absolute Gasteiger partial charge is 0.465 e. The number of ether oxygens (including phenoxy) is 1. The summed E-state index contributed by atoms with van der Waals surface area (Å²) in [5, 5.41) is 3.21. The molecule has 8 nitrogen and oxygen atoms in total. The molecule has 1 N–H and O–H groups in total. The number of methoxy groups -OCH3 is 1. The van der Waals surface area contributed by atoms with Gasteiger partial charge in [0.2, 0.25) is 10.0 Å². The van der Waals surface area contributed by atoms with E-state index in [1.807, 2.05) is 7.05 Å². The number of nitrogens with zero attached hydrogens (tertiary/aromatic N) is 3. The van der Waals surface area contributed by atoms with Crippen LogP contribution < -0.4 is 5.32 Å². The third-order valence-corrected chi connectivity index (χ3v) is 6.44. The maximum Gasteiger partial charge on any atom is 0.339 e. The maximum atomic E-state index is 13.4. The minimum atomic E-state index is -3.92. The molecule has 1 atom stereocenters. The zero-order chi connectivity index (χ0) is 18.9. The average molecular weight is 415 g/mol. The number of nitrogens with one attached hydrogen (secondary N) is 1. The smallest absolute Gasteiger partial charge is 0.339 e. The molecular weight excluding hydrogens is 392 g/mol. The number of aryl methyl sites for hydroxylation is 2. The topological polar surface area (TPSA) is 93.5 Å². The van der Waals surface area contributed by atoms with Crippen molar-refractivity contribution in [2.75, 3.05) is 26.7 Å². The van der Waals surface area contributed by atoms with Gasteiger partial charge in [-0.25, -0.2) is 18.2 Å². The van der Waals surface area contributed by atoms with Crippen molar-refractivity contribution in [1.82, 2.24) is 19.2 Å². The van der Waals surface area contributed by atoms with Gasteiger partial charge in [-0.3, -0.25) is 0 Å². The number of halogens is 1. The Morgan fingerprint density at radius 3 is 2.74 bits per heavy atom. The Kier molecular flexibility index (Phi) is 6.63. The van der Waals surface area contributed by atoms with Crippen molar-refractivity contribution in [3.8, 4) is 0 Å². The van der Waals surface area contributed by atoms with E-state index in [0.717, 1.165) is 5.56 Å². The van der Waals surface area contributed by atoms with Crippen LogP contribution >= 0.6 is 12.4 Å². The predicted molar refractivity (Wildman–Crippen MR) is 102 cm³/mol. The normalized spacial score (nSPS) is 18.0. The monoisotopic (exact) mass is 414 g/mol. The van der Waals surface area contributed by atoms with Gasteiger partial charge in [-0.05, 0) is 19.1 Å². The molecule has 148 valence electrons. The summed E-state index contributed by atoms with van der Waals surface area (Å²) in [5.41, 5.74) is 0.829. The van der Waals surface area contributed by atoms with E-state index in [1.54, 1.807) is 30.0 Å². The van der Waals surface area contributed by atoms with Crippen molar-refractivity contribution in [2.45, 2.75) is 17.9 Å². The number of carbonyl (C=O) groups excluding carboxylic acids is 1. The highest BCUT2D eigenvalue weighted by atomic mass is 35.5. The Morgan fingerprint density at radius 2 is 2.11 bits per heavy atom. The minimum absolute atomic E-state index is 0. The lowest BCUT2D eigenvalue weighted by Crippen LogP contribution is -2.49. The number of benzene rings is 1. The summed E-state index contributed by atoms with van der Waals surface area (Å²) in [7, 11) is -0.852. The molecule has 1 aliphatic heterocycles. The number of aromatic nitrogens is 2. The van der Waals surface area contributed by atoms with E-state index >= 15 is 0 Å². The summed E-state index contributed by atoms with van der Waals surface area (Å²) in [5.74, 6) is -0.0246. The van der Waals surface area contributed by atoms with E-state index in [2.05, 4.69) is 10.3 Å². The third kappa shape index (κ3) is 4.01. The first kappa shape index (κ1) is 21.4. The van der Waals surface area contributed by atoms with Crippen LogP contribution in [0, 0.1) is 6.92 Å². The fourth-order valence-electron chi connectivity index (χ4n) is 3.16. The molecule has 2 heterocycles. The number of imidazole rings is 1. The van der Waals surface area contributed by atoms with Gasteiger partial charge in [0, 0.05) is 39.1 Å². The first-order valence-electron chi connectivity index (χ1n) is 8.25. The quantitative estimate of drug-likeness (QED) is 0.757. The van der Waals surface area contributed by atoms with Gasteiger partial charge in [0.05, 0.1) is 23.6 Å². The van der Waals surface area contributed by atoms with Crippen molar-refractivity contribution >= 4 is 28.4 Å². The predicted octanol–water partition coefficient (Wildman–Crippen LogP) is 1.27. The first-order chi connectivity index (χ1) is 12.4. The lowest BCUT2D eigenvalue weighted by Gasteiger charge is -2.35. The average Bonchev–Trinajstić information content (AvgIpc) is 3.06. The van der Waals surface area contributed by atoms with Crippen LogP contribution in [-0.2, 0) is 21.8 Å². The number of sulfonamides is 1. The van der Waals surface area contributed by atoms with Crippen LogP contribution in [0.1, 0.15) is 27.8 Å². The molecule has 0 aliphatic carbocycles. The molecule has 0 bridgehead atoms. The van der Waals surface area contributed by atoms with E-state index in [1.165, 1.54) is 23.5 Å². The van der Waals surface area contributed by atoms with Gasteiger partial charge in [-0.2, -0.15) is 4.31 Å². The van der Waals surface area contributed by atoms with Gasteiger partial charge < -0.3 is 14.6 Å². The molecule has 1 saturated heterocycles. The molecule has 10 heteroatoms. The van der Waals surface area contributed by atoms with Gasteiger partial charge in [0.25, 0.3) is 0 Å². The van der Waals surface area contributed by atoms with Crippen molar-refractivity contribution < 1.29 is 17.9 Å². The molecule has 1 aromatic carbocycles. The van der Waals surface area contributed by atoms with Crippen molar-refractivity contribution in [1.29, 1.82) is 0 Å². The van der Waals surface area contributed by atoms with E-state index in [9.17, 15) is 13.2 Å². The summed E-state index contributed by atoms with van der Waals surface area (Å²) >= 11 is 0. The number of esters is 1. The SMILES string of the molecule is COC(=O)c1cc(C)ccc1S(=O)(=O)N1CCNCC1c1nccn1C.Cl. The van der Waals surface area contributed by atoms with Gasteiger partial charge in [-0.1, -0.05) is 11.6 Å². The highest BCUT2D eigenvalue weighted by molar-refractivity contribution is 7.89. The summed E-state index contributed by atoms with van der Waals surface area (Å²) in [6, 6.07) is 4.23. The zero-order valence-electron chi connectivity index (χ0n) is 15.4. The lowest BCUT2D eigenvalue weighted by molar-refractivity contribution is 0.0596. The fourth-order valence-corrected chi connectivity index (χ4v) is 4.90. The fraction of sp³-hybridized carbons (Fsp3) is 0.412. The highest BCUT2D eigenvalue weighted by Crippen LogP contribution is 2.30. The molecular formula is C17H23ClN4O4S. The molecule has 0 spiro atoms. The number of piperazine rings is 1. The Labute approximate surface area is 165 Å². The summed E-state index contributed by atoms with van der Waals surface area (Å²) in [4.78, 5) is 16.4. The molecule has 1 aliphatic rings. The van der Waals surface area contributed by atoms with Gasteiger partial charge in [0.15, 0.2) is 0 Å². The number of hydrogen-bond acceptors (Lipinski definition) is 6. The Hall–Kier alpha value is -1.94. The molecule has 3 rings (SSSR count). The van der Waals surface area contributed by atoms with Gasteiger partial charge in [-0.15, -0.1) is 12.4 Å². The molecule has 1 unspecified atom stereocenters. The van der Waals surface area contributed by atoms with Crippen LogP contribution in [0.15, 0.2) is 35.5 Å². The maximum absolute atomic E-state index is 13.4. The zero-order valence-corrected chi connectivity index (χ0v) is 17.0. The molecule has 2 aromatic rings. The standard InChI is InChI=1S/C17H22N4O4S.ClH/c1-12-4-5-15(13(10-12)17(22)25-3)26(23,24)21-9-6-18-11-14(21)16-19-7-8-20(16)2;/h4-5,7-8,10,14,18H,6,9,11H2,1-3H3;1H. The van der Waals surface area contributed by atoms with Crippen LogP contribution in [0.3, 0.4) is 0 Å². The van der Waals surface area contributed by atoms with E-state index < -0.39 is 22.0 Å². The Balaban J connectivity index is 0.00000261. The number of hydrogen-bond donors (Lipinski definition) is 1. The number of carbonyl (C=O) groups is 1. The van der Waals surface area contributed by atoms with Crippen LogP contribution in [-0.4, -0.2) is 55.0 Å². The summed E-state index contributed by atoms with van der Waals surface area (Å²) < 4.78 is 34.8.